The molecule has 0 amide bonds. The van der Waals surface area contributed by atoms with Crippen LogP contribution >= 0.6 is 11.6 Å². The number of hydrogen-bond donors (Lipinski definition) is 1. The third-order valence-electron chi connectivity index (χ3n) is 3.87. The van der Waals surface area contributed by atoms with E-state index in [-0.39, 0.29) is 21.7 Å². The molecule has 3 rings (SSSR count). The van der Waals surface area contributed by atoms with E-state index < -0.39 is 10.0 Å². The summed E-state index contributed by atoms with van der Waals surface area (Å²) in [5.41, 5.74) is 0.638. The average Bonchev–Trinajstić information content (AvgIpc) is 3.10. The van der Waals surface area contributed by atoms with Crippen molar-refractivity contribution < 1.29 is 8.42 Å². The van der Waals surface area contributed by atoms with Gasteiger partial charge in [-0.1, -0.05) is 24.4 Å². The van der Waals surface area contributed by atoms with Crippen LogP contribution in [0.3, 0.4) is 0 Å². The maximum Gasteiger partial charge on any atom is 0.266 e. The van der Waals surface area contributed by atoms with E-state index in [0.29, 0.717) is 5.69 Å². The molecule has 1 saturated carbocycles. The summed E-state index contributed by atoms with van der Waals surface area (Å²) in [5, 5.41) is 8.65. The standard InChI is InChI=1S/C13H18ClN5O2S/c1-18-7-10(14)13(16-18)17-22(20,21)11-8-19(2)15-12(11)9-5-3-4-6-9/h7-9H,3-6H2,1-2H3,(H,16,17). The molecule has 0 saturated heterocycles. The lowest BCUT2D eigenvalue weighted by molar-refractivity contribution is 0.595. The van der Waals surface area contributed by atoms with Gasteiger partial charge in [-0.05, 0) is 12.8 Å². The van der Waals surface area contributed by atoms with E-state index in [1.54, 1.807) is 25.0 Å². The molecular weight excluding hydrogens is 326 g/mol. The predicted molar refractivity (Wildman–Crippen MR) is 83.4 cm³/mol. The van der Waals surface area contributed by atoms with E-state index in [9.17, 15) is 8.42 Å². The SMILES string of the molecule is Cn1cc(Cl)c(NS(=O)(=O)c2cn(C)nc2C2CCCC2)n1. The molecule has 2 aromatic rings. The number of halogens is 1. The van der Waals surface area contributed by atoms with Gasteiger partial charge in [0.05, 0.1) is 5.69 Å². The Hall–Kier alpha value is -1.54. The third kappa shape index (κ3) is 2.85. The fraction of sp³-hybridized carbons (Fsp3) is 0.538. The molecule has 1 aliphatic rings. The van der Waals surface area contributed by atoms with Crippen LogP contribution in [0.2, 0.25) is 5.02 Å². The van der Waals surface area contributed by atoms with Crippen LogP contribution in [-0.4, -0.2) is 28.0 Å². The Morgan fingerprint density at radius 1 is 1.18 bits per heavy atom. The molecule has 0 atom stereocenters. The van der Waals surface area contributed by atoms with Gasteiger partial charge in [0.2, 0.25) is 0 Å². The van der Waals surface area contributed by atoms with Crippen LogP contribution in [0.4, 0.5) is 5.82 Å². The second-order valence-corrected chi connectivity index (χ2v) is 7.70. The monoisotopic (exact) mass is 343 g/mol. The van der Waals surface area contributed by atoms with E-state index in [0.717, 1.165) is 25.7 Å². The fourth-order valence-electron chi connectivity index (χ4n) is 2.88. The van der Waals surface area contributed by atoms with Crippen molar-refractivity contribution >= 4 is 27.4 Å². The van der Waals surface area contributed by atoms with Crippen LogP contribution in [0.1, 0.15) is 37.3 Å². The number of nitrogens with zero attached hydrogens (tertiary/aromatic N) is 4. The van der Waals surface area contributed by atoms with Gasteiger partial charge in [-0.25, -0.2) is 8.42 Å². The van der Waals surface area contributed by atoms with Crippen molar-refractivity contribution in [3.63, 3.8) is 0 Å². The number of anilines is 1. The average molecular weight is 344 g/mol. The minimum Gasteiger partial charge on any atom is -0.274 e. The van der Waals surface area contributed by atoms with E-state index in [4.69, 9.17) is 11.6 Å². The quantitative estimate of drug-likeness (QED) is 0.923. The molecule has 0 unspecified atom stereocenters. The number of hydrogen-bond acceptors (Lipinski definition) is 4. The van der Waals surface area contributed by atoms with Crippen LogP contribution < -0.4 is 4.72 Å². The van der Waals surface area contributed by atoms with Crippen LogP contribution in [0.5, 0.6) is 0 Å². The first-order valence-corrected chi connectivity index (χ1v) is 8.98. The van der Waals surface area contributed by atoms with Crippen molar-refractivity contribution in [1.29, 1.82) is 0 Å². The minimum atomic E-state index is -3.76. The maximum absolute atomic E-state index is 12.7. The van der Waals surface area contributed by atoms with Crippen LogP contribution in [0, 0.1) is 0 Å². The smallest absolute Gasteiger partial charge is 0.266 e. The molecule has 120 valence electrons. The van der Waals surface area contributed by atoms with Gasteiger partial charge in [-0.2, -0.15) is 10.2 Å². The molecule has 1 fully saturated rings. The Balaban J connectivity index is 1.97. The number of aromatic nitrogens is 4. The Bertz CT molecular complexity index is 789. The lowest BCUT2D eigenvalue weighted by Gasteiger charge is -2.10. The second kappa shape index (κ2) is 5.58. The molecule has 0 spiro atoms. The highest BCUT2D eigenvalue weighted by Gasteiger charge is 2.30. The van der Waals surface area contributed by atoms with Gasteiger partial charge in [-0.3, -0.25) is 14.1 Å². The van der Waals surface area contributed by atoms with Gasteiger partial charge in [0.15, 0.2) is 5.82 Å². The summed E-state index contributed by atoms with van der Waals surface area (Å²) < 4.78 is 30.8. The van der Waals surface area contributed by atoms with Gasteiger partial charge in [0, 0.05) is 32.4 Å². The van der Waals surface area contributed by atoms with E-state index in [1.165, 1.54) is 10.9 Å². The van der Waals surface area contributed by atoms with Crippen molar-refractivity contribution in [2.45, 2.75) is 36.5 Å². The molecule has 7 nitrogen and oxygen atoms in total. The van der Waals surface area contributed by atoms with Crippen molar-refractivity contribution in [3.05, 3.63) is 23.1 Å². The zero-order chi connectivity index (χ0) is 15.9. The van der Waals surface area contributed by atoms with Crippen molar-refractivity contribution in [2.24, 2.45) is 14.1 Å². The first-order chi connectivity index (χ1) is 10.4. The molecule has 22 heavy (non-hydrogen) atoms. The Morgan fingerprint density at radius 2 is 1.82 bits per heavy atom. The van der Waals surface area contributed by atoms with Crippen molar-refractivity contribution in [2.75, 3.05) is 4.72 Å². The summed E-state index contributed by atoms with van der Waals surface area (Å²) in [5.74, 6) is 0.331. The zero-order valence-electron chi connectivity index (χ0n) is 12.5. The molecule has 0 bridgehead atoms. The first kappa shape index (κ1) is 15.4. The number of aryl methyl sites for hydroxylation is 2. The highest BCUT2D eigenvalue weighted by Crippen LogP contribution is 2.36. The van der Waals surface area contributed by atoms with E-state index in [1.807, 2.05) is 0 Å². The van der Waals surface area contributed by atoms with Gasteiger partial charge in [0.1, 0.15) is 9.92 Å². The van der Waals surface area contributed by atoms with Crippen molar-refractivity contribution in [3.8, 4) is 0 Å². The van der Waals surface area contributed by atoms with Gasteiger partial charge in [-0.15, -0.1) is 0 Å². The molecule has 9 heteroatoms. The topological polar surface area (TPSA) is 81.8 Å². The summed E-state index contributed by atoms with van der Waals surface area (Å²) >= 11 is 5.98. The lowest BCUT2D eigenvalue weighted by atomic mass is 10.1. The Labute approximate surface area is 134 Å². The van der Waals surface area contributed by atoms with Crippen LogP contribution in [-0.2, 0) is 24.1 Å². The molecule has 1 aliphatic carbocycles. The van der Waals surface area contributed by atoms with E-state index in [2.05, 4.69) is 14.9 Å². The summed E-state index contributed by atoms with van der Waals surface area (Å²) in [6, 6.07) is 0. The molecular formula is C13H18ClN5O2S. The second-order valence-electron chi connectivity index (χ2n) is 5.64. The maximum atomic E-state index is 12.7. The summed E-state index contributed by atoms with van der Waals surface area (Å²) in [4.78, 5) is 0.212. The highest BCUT2D eigenvalue weighted by atomic mass is 35.5. The summed E-state index contributed by atoms with van der Waals surface area (Å²) in [6.45, 7) is 0. The third-order valence-corrected chi connectivity index (χ3v) is 5.50. The van der Waals surface area contributed by atoms with Gasteiger partial charge < -0.3 is 0 Å². The molecule has 0 aliphatic heterocycles. The number of rotatable bonds is 4. The van der Waals surface area contributed by atoms with Crippen LogP contribution in [0.25, 0.3) is 0 Å². The zero-order valence-corrected chi connectivity index (χ0v) is 14.0. The number of nitrogens with one attached hydrogen (secondary N) is 1. The van der Waals surface area contributed by atoms with Crippen LogP contribution in [0.15, 0.2) is 17.3 Å². The summed E-state index contributed by atoms with van der Waals surface area (Å²) in [6.07, 6.45) is 7.25. The summed E-state index contributed by atoms with van der Waals surface area (Å²) in [7, 11) is -0.358. The molecule has 2 aromatic heterocycles. The lowest BCUT2D eigenvalue weighted by Crippen LogP contribution is -2.15. The van der Waals surface area contributed by atoms with E-state index >= 15 is 0 Å². The first-order valence-electron chi connectivity index (χ1n) is 7.12. The normalized spacial score (nSPS) is 16.3. The Morgan fingerprint density at radius 3 is 2.41 bits per heavy atom. The fourth-order valence-corrected chi connectivity index (χ4v) is 4.46. The predicted octanol–water partition coefficient (Wildman–Crippen LogP) is 2.27. The minimum absolute atomic E-state index is 0.130. The number of sulfonamides is 1. The largest absolute Gasteiger partial charge is 0.274 e. The van der Waals surface area contributed by atoms with Gasteiger partial charge in [0.25, 0.3) is 10.0 Å². The van der Waals surface area contributed by atoms with Crippen molar-refractivity contribution in [1.82, 2.24) is 19.6 Å². The molecule has 0 aromatic carbocycles. The molecule has 2 heterocycles. The highest BCUT2D eigenvalue weighted by molar-refractivity contribution is 7.92. The van der Waals surface area contributed by atoms with Gasteiger partial charge >= 0.3 is 0 Å². The molecule has 1 N–H and O–H groups in total. The Kier molecular flexibility index (Phi) is 3.90. The molecule has 0 radical (unpaired) electrons.